The van der Waals surface area contributed by atoms with Crippen molar-refractivity contribution in [3.8, 4) is 0 Å². The van der Waals surface area contributed by atoms with Gasteiger partial charge in [-0.25, -0.2) is 8.78 Å². The summed E-state index contributed by atoms with van der Waals surface area (Å²) in [5, 5.41) is 0. The van der Waals surface area contributed by atoms with Crippen LogP contribution in [0.1, 0.15) is 17.3 Å². The Bertz CT molecular complexity index is 444. The Labute approximate surface area is 106 Å². The molecule has 0 aromatic heterocycles. The van der Waals surface area contributed by atoms with Crippen LogP contribution in [0, 0.1) is 21.1 Å². The minimum absolute atomic E-state index is 0.0438. The number of carbonyl (C=O) groups excluding carboxylic acids is 1. The van der Waals surface area contributed by atoms with Crippen LogP contribution in [-0.2, 0) is 0 Å². The SMILES string of the molecule is CC1CN(C(=O)c2cc(I)c(F)cc2F)C1. The maximum atomic E-state index is 13.4. The number of likely N-dealkylation sites (tertiary alicyclic amines) is 1. The second-order valence-corrected chi connectivity index (χ2v) is 5.22. The highest BCUT2D eigenvalue weighted by atomic mass is 127. The Morgan fingerprint density at radius 3 is 2.56 bits per heavy atom. The van der Waals surface area contributed by atoms with Gasteiger partial charge < -0.3 is 4.90 Å². The van der Waals surface area contributed by atoms with E-state index < -0.39 is 11.6 Å². The topological polar surface area (TPSA) is 20.3 Å². The van der Waals surface area contributed by atoms with Crippen LogP contribution in [0.25, 0.3) is 0 Å². The normalized spacial score (nSPS) is 16.1. The maximum Gasteiger partial charge on any atom is 0.256 e. The molecule has 0 bridgehead atoms. The zero-order valence-electron chi connectivity index (χ0n) is 8.64. The number of hydrogen-bond acceptors (Lipinski definition) is 1. The third-order valence-corrected chi connectivity index (χ3v) is 3.42. The first-order valence-electron chi connectivity index (χ1n) is 4.93. The highest BCUT2D eigenvalue weighted by Gasteiger charge is 2.29. The molecule has 0 atom stereocenters. The Morgan fingerprint density at radius 1 is 1.38 bits per heavy atom. The Morgan fingerprint density at radius 2 is 2.00 bits per heavy atom. The van der Waals surface area contributed by atoms with E-state index in [0.29, 0.717) is 19.0 Å². The molecule has 0 N–H and O–H groups in total. The van der Waals surface area contributed by atoms with E-state index in [0.717, 1.165) is 6.07 Å². The molecule has 1 heterocycles. The van der Waals surface area contributed by atoms with E-state index in [1.165, 1.54) is 6.07 Å². The molecular formula is C11H10F2INO. The number of amides is 1. The smallest absolute Gasteiger partial charge is 0.256 e. The summed E-state index contributed by atoms with van der Waals surface area (Å²) in [7, 11) is 0. The number of carbonyl (C=O) groups is 1. The second-order valence-electron chi connectivity index (χ2n) is 4.06. The largest absolute Gasteiger partial charge is 0.338 e. The summed E-state index contributed by atoms with van der Waals surface area (Å²) in [4.78, 5) is 13.4. The first kappa shape index (κ1) is 11.8. The molecule has 1 aliphatic rings. The molecule has 1 aromatic carbocycles. The molecule has 1 amide bonds. The highest BCUT2D eigenvalue weighted by molar-refractivity contribution is 14.1. The zero-order chi connectivity index (χ0) is 11.9. The van der Waals surface area contributed by atoms with Gasteiger partial charge in [0.25, 0.3) is 5.91 Å². The van der Waals surface area contributed by atoms with Crippen molar-refractivity contribution in [3.63, 3.8) is 0 Å². The molecule has 1 fully saturated rings. The molecule has 86 valence electrons. The van der Waals surface area contributed by atoms with Crippen molar-refractivity contribution >= 4 is 28.5 Å². The molecule has 2 nitrogen and oxygen atoms in total. The van der Waals surface area contributed by atoms with Crippen molar-refractivity contribution in [2.24, 2.45) is 5.92 Å². The van der Waals surface area contributed by atoms with Crippen molar-refractivity contribution in [1.82, 2.24) is 4.90 Å². The van der Waals surface area contributed by atoms with E-state index in [1.54, 1.807) is 27.5 Å². The van der Waals surface area contributed by atoms with Crippen molar-refractivity contribution < 1.29 is 13.6 Å². The molecule has 16 heavy (non-hydrogen) atoms. The lowest BCUT2D eigenvalue weighted by Gasteiger charge is -2.37. The minimum Gasteiger partial charge on any atom is -0.338 e. The Balaban J connectivity index is 2.27. The van der Waals surface area contributed by atoms with Crippen molar-refractivity contribution in [2.75, 3.05) is 13.1 Å². The first-order valence-corrected chi connectivity index (χ1v) is 6.00. The zero-order valence-corrected chi connectivity index (χ0v) is 10.8. The van der Waals surface area contributed by atoms with E-state index in [1.807, 2.05) is 6.92 Å². The molecule has 0 spiro atoms. The van der Waals surface area contributed by atoms with Crippen LogP contribution in [0.5, 0.6) is 0 Å². The lowest BCUT2D eigenvalue weighted by molar-refractivity contribution is 0.0525. The van der Waals surface area contributed by atoms with Crippen LogP contribution in [0.3, 0.4) is 0 Å². The Hall–Kier alpha value is -0.720. The standard InChI is InChI=1S/C11H10F2INO/c1-6-4-15(5-6)11(16)7-2-10(14)9(13)3-8(7)12/h2-3,6H,4-5H2,1H3. The fraction of sp³-hybridized carbons (Fsp3) is 0.364. The lowest BCUT2D eigenvalue weighted by atomic mass is 10.0. The molecule has 0 unspecified atom stereocenters. The average Bonchev–Trinajstić information content (AvgIpc) is 2.18. The third-order valence-electron chi connectivity index (χ3n) is 2.59. The number of nitrogens with zero attached hydrogens (tertiary/aromatic N) is 1. The van der Waals surface area contributed by atoms with Gasteiger partial charge in [-0.05, 0) is 34.6 Å². The minimum atomic E-state index is -0.789. The lowest BCUT2D eigenvalue weighted by Crippen LogP contribution is -2.48. The maximum absolute atomic E-state index is 13.4. The van der Waals surface area contributed by atoms with Gasteiger partial charge >= 0.3 is 0 Å². The summed E-state index contributed by atoms with van der Waals surface area (Å²) in [6, 6.07) is 2.02. The fourth-order valence-corrected chi connectivity index (χ4v) is 2.19. The van der Waals surface area contributed by atoms with Gasteiger partial charge in [-0.2, -0.15) is 0 Å². The number of rotatable bonds is 1. The molecule has 0 saturated carbocycles. The number of hydrogen-bond donors (Lipinski definition) is 0. The summed E-state index contributed by atoms with van der Waals surface area (Å²) < 4.78 is 26.7. The molecule has 1 aliphatic heterocycles. The Kier molecular flexibility index (Phi) is 3.14. The van der Waals surface area contributed by atoms with Crippen LogP contribution in [-0.4, -0.2) is 23.9 Å². The van der Waals surface area contributed by atoms with Crippen LogP contribution in [0.4, 0.5) is 8.78 Å². The number of halogens is 3. The predicted octanol–water partition coefficient (Wildman–Crippen LogP) is 2.66. The van der Waals surface area contributed by atoms with E-state index in [2.05, 4.69) is 0 Å². The molecule has 2 rings (SSSR count). The summed E-state index contributed by atoms with van der Waals surface area (Å²) in [6.07, 6.45) is 0. The molecule has 1 saturated heterocycles. The highest BCUT2D eigenvalue weighted by Crippen LogP contribution is 2.22. The van der Waals surface area contributed by atoms with Crippen molar-refractivity contribution in [1.29, 1.82) is 0 Å². The summed E-state index contributed by atoms with van der Waals surface area (Å²) in [5.74, 6) is -1.31. The van der Waals surface area contributed by atoms with Gasteiger partial charge in [-0.3, -0.25) is 4.79 Å². The molecule has 0 radical (unpaired) electrons. The van der Waals surface area contributed by atoms with Crippen LogP contribution in [0.15, 0.2) is 12.1 Å². The van der Waals surface area contributed by atoms with E-state index in [9.17, 15) is 13.6 Å². The van der Waals surface area contributed by atoms with Gasteiger partial charge in [0.15, 0.2) is 0 Å². The monoisotopic (exact) mass is 337 g/mol. The molecule has 0 aliphatic carbocycles. The summed E-state index contributed by atoms with van der Waals surface area (Å²) in [6.45, 7) is 3.31. The first-order chi connectivity index (χ1) is 7.49. The third kappa shape index (κ3) is 2.05. The van der Waals surface area contributed by atoms with Gasteiger partial charge in [-0.1, -0.05) is 6.92 Å². The van der Waals surface area contributed by atoms with E-state index >= 15 is 0 Å². The van der Waals surface area contributed by atoms with Crippen LogP contribution < -0.4 is 0 Å². The van der Waals surface area contributed by atoms with Gasteiger partial charge in [0.1, 0.15) is 11.6 Å². The summed E-state index contributed by atoms with van der Waals surface area (Å²) >= 11 is 1.75. The van der Waals surface area contributed by atoms with Gasteiger partial charge in [0, 0.05) is 22.7 Å². The number of benzene rings is 1. The van der Waals surface area contributed by atoms with E-state index in [-0.39, 0.29) is 15.0 Å². The van der Waals surface area contributed by atoms with E-state index in [4.69, 9.17) is 0 Å². The van der Waals surface area contributed by atoms with Gasteiger partial charge in [-0.15, -0.1) is 0 Å². The van der Waals surface area contributed by atoms with Crippen LogP contribution >= 0.6 is 22.6 Å². The second kappa shape index (κ2) is 4.27. The quantitative estimate of drug-likeness (QED) is 0.570. The van der Waals surface area contributed by atoms with Gasteiger partial charge in [0.2, 0.25) is 0 Å². The van der Waals surface area contributed by atoms with Crippen molar-refractivity contribution in [3.05, 3.63) is 32.9 Å². The van der Waals surface area contributed by atoms with Crippen molar-refractivity contribution in [2.45, 2.75) is 6.92 Å². The average molecular weight is 337 g/mol. The molecule has 5 heteroatoms. The fourth-order valence-electron chi connectivity index (χ4n) is 1.72. The van der Waals surface area contributed by atoms with Crippen LogP contribution in [0.2, 0.25) is 0 Å². The predicted molar refractivity (Wildman–Crippen MR) is 64.1 cm³/mol. The van der Waals surface area contributed by atoms with Gasteiger partial charge in [0.05, 0.1) is 5.56 Å². The molecular weight excluding hydrogens is 327 g/mol. The molecule has 1 aromatic rings. The summed E-state index contributed by atoms with van der Waals surface area (Å²) in [5.41, 5.74) is -0.0438.